The summed E-state index contributed by atoms with van der Waals surface area (Å²) >= 11 is 7.05. The van der Waals surface area contributed by atoms with Crippen molar-refractivity contribution in [3.63, 3.8) is 0 Å². The number of halogens is 2. The molecule has 0 aliphatic heterocycles. The summed E-state index contributed by atoms with van der Waals surface area (Å²) in [7, 11) is 0. The van der Waals surface area contributed by atoms with E-state index in [0.29, 0.717) is 6.61 Å². The van der Waals surface area contributed by atoms with Crippen molar-refractivity contribution >= 4 is 59.6 Å². The van der Waals surface area contributed by atoms with Gasteiger partial charge >= 0.3 is 5.97 Å². The summed E-state index contributed by atoms with van der Waals surface area (Å²) in [5.74, 6) is -0.768. The third-order valence-corrected chi connectivity index (χ3v) is 5.48. The molecule has 4 aromatic rings. The topological polar surface area (TPSA) is 57.9 Å². The number of aromatic nitrogens is 2. The van der Waals surface area contributed by atoms with Crippen LogP contribution in [0.2, 0.25) is 0 Å². The second kappa shape index (κ2) is 6.93. The monoisotopic (exact) mass is 474 g/mol. The van der Waals surface area contributed by atoms with Crippen molar-refractivity contribution in [3.05, 3.63) is 68.9 Å². The zero-order valence-electron chi connectivity index (χ0n) is 14.0. The Morgan fingerprint density at radius 1 is 0.962 bits per heavy atom. The fourth-order valence-corrected chi connectivity index (χ4v) is 4.08. The zero-order valence-corrected chi connectivity index (χ0v) is 17.1. The van der Waals surface area contributed by atoms with Gasteiger partial charge in [-0.05, 0) is 54.4 Å². The van der Waals surface area contributed by atoms with Crippen molar-refractivity contribution in [3.8, 4) is 0 Å². The summed E-state index contributed by atoms with van der Waals surface area (Å²) < 4.78 is 7.36. The van der Waals surface area contributed by atoms with Crippen LogP contribution in [0.4, 0.5) is 0 Å². The Morgan fingerprint density at radius 3 is 1.92 bits per heavy atom. The van der Waals surface area contributed by atoms with Crippen molar-refractivity contribution in [2.24, 2.45) is 0 Å². The molecule has 2 aromatic carbocycles. The Balaban J connectivity index is 1.96. The number of hydrogen-bond acceptors (Lipinski definition) is 2. The summed E-state index contributed by atoms with van der Waals surface area (Å²) in [5.41, 5.74) is 3.78. The molecule has 0 aliphatic carbocycles. The first kappa shape index (κ1) is 17.4. The quantitative estimate of drug-likeness (QED) is 0.362. The number of H-pyrrole nitrogens is 2. The number of nitrogens with one attached hydrogen (secondary N) is 2. The predicted molar refractivity (Wildman–Crippen MR) is 110 cm³/mol. The molecule has 2 heterocycles. The molecule has 4 rings (SSSR count). The molecule has 26 heavy (non-hydrogen) atoms. The molecule has 0 fully saturated rings. The number of rotatable bonds is 4. The second-order valence-electron chi connectivity index (χ2n) is 6.05. The first-order valence-corrected chi connectivity index (χ1v) is 9.86. The second-order valence-corrected chi connectivity index (χ2v) is 7.88. The summed E-state index contributed by atoms with van der Waals surface area (Å²) in [4.78, 5) is 19.5. The van der Waals surface area contributed by atoms with Crippen LogP contribution in [0.25, 0.3) is 21.8 Å². The Labute approximate surface area is 167 Å². The van der Waals surface area contributed by atoms with Crippen LogP contribution in [-0.4, -0.2) is 22.5 Å². The van der Waals surface area contributed by atoms with Gasteiger partial charge in [-0.25, -0.2) is 0 Å². The maximum Gasteiger partial charge on any atom is 0.318 e. The highest BCUT2D eigenvalue weighted by molar-refractivity contribution is 9.10. The fraction of sp³-hybridized carbons (Fsp3) is 0.150. The molecular weight excluding hydrogens is 460 g/mol. The number of aromatic amines is 2. The third kappa shape index (κ3) is 2.97. The molecule has 0 radical (unpaired) electrons. The standard InChI is InChI=1S/C20H16Br2N2O2/c1-2-26-20(25)19(15-9-23-17-5-3-11(21)7-13(15)17)16-10-24-18-6-4-12(22)8-14(16)18/h3-10,19,23-24H,2H2,1H3. The van der Waals surface area contributed by atoms with Crippen LogP contribution in [0.15, 0.2) is 57.7 Å². The molecule has 0 amide bonds. The van der Waals surface area contributed by atoms with Crippen LogP contribution < -0.4 is 0 Å². The van der Waals surface area contributed by atoms with E-state index in [-0.39, 0.29) is 5.97 Å². The van der Waals surface area contributed by atoms with Crippen LogP contribution in [-0.2, 0) is 9.53 Å². The Bertz CT molecular complexity index is 1030. The molecule has 4 nitrogen and oxygen atoms in total. The molecule has 132 valence electrons. The Kier molecular flexibility index (Phi) is 4.63. The van der Waals surface area contributed by atoms with E-state index in [9.17, 15) is 4.79 Å². The molecule has 0 unspecified atom stereocenters. The minimum Gasteiger partial charge on any atom is -0.465 e. The first-order chi connectivity index (χ1) is 12.6. The number of hydrogen-bond donors (Lipinski definition) is 2. The lowest BCUT2D eigenvalue weighted by Crippen LogP contribution is -2.17. The highest BCUT2D eigenvalue weighted by Gasteiger charge is 2.29. The van der Waals surface area contributed by atoms with E-state index in [2.05, 4.69) is 41.8 Å². The van der Waals surface area contributed by atoms with E-state index >= 15 is 0 Å². The summed E-state index contributed by atoms with van der Waals surface area (Å²) in [5, 5.41) is 2.00. The van der Waals surface area contributed by atoms with Gasteiger partial charge in [-0.1, -0.05) is 31.9 Å². The maximum atomic E-state index is 12.9. The molecule has 0 saturated heterocycles. The van der Waals surface area contributed by atoms with Gasteiger partial charge in [-0.2, -0.15) is 0 Å². The molecular formula is C20H16Br2N2O2. The molecule has 0 atom stereocenters. The molecule has 2 N–H and O–H groups in total. The summed E-state index contributed by atoms with van der Waals surface area (Å²) in [6.07, 6.45) is 3.80. The van der Waals surface area contributed by atoms with Gasteiger partial charge in [-0.3, -0.25) is 4.79 Å². The first-order valence-electron chi connectivity index (χ1n) is 8.28. The lowest BCUT2D eigenvalue weighted by atomic mass is 9.90. The SMILES string of the molecule is CCOC(=O)C(c1c[nH]c2ccc(Br)cc12)c1c[nH]c2ccc(Br)cc12. The predicted octanol–water partition coefficient (Wildman–Crippen LogP) is 5.87. The van der Waals surface area contributed by atoms with Crippen LogP contribution in [0.3, 0.4) is 0 Å². The van der Waals surface area contributed by atoms with Gasteiger partial charge in [0.1, 0.15) is 5.92 Å². The van der Waals surface area contributed by atoms with E-state index in [1.807, 2.05) is 55.7 Å². The minimum absolute atomic E-state index is 0.255. The van der Waals surface area contributed by atoms with Crippen LogP contribution >= 0.6 is 31.9 Å². The summed E-state index contributed by atoms with van der Waals surface area (Å²) in [6, 6.07) is 12.0. The smallest absolute Gasteiger partial charge is 0.318 e. The van der Waals surface area contributed by atoms with Crippen molar-refractivity contribution in [2.45, 2.75) is 12.8 Å². The maximum absolute atomic E-state index is 12.9. The Morgan fingerprint density at radius 2 is 1.46 bits per heavy atom. The largest absolute Gasteiger partial charge is 0.465 e. The van der Waals surface area contributed by atoms with Gasteiger partial charge < -0.3 is 14.7 Å². The van der Waals surface area contributed by atoms with Gasteiger partial charge in [0.25, 0.3) is 0 Å². The average molecular weight is 476 g/mol. The molecule has 0 saturated carbocycles. The van der Waals surface area contributed by atoms with E-state index < -0.39 is 5.92 Å². The highest BCUT2D eigenvalue weighted by atomic mass is 79.9. The molecule has 6 heteroatoms. The number of benzene rings is 2. The molecule has 0 bridgehead atoms. The molecule has 2 aromatic heterocycles. The number of carbonyl (C=O) groups is 1. The number of esters is 1. The van der Waals surface area contributed by atoms with Crippen molar-refractivity contribution in [2.75, 3.05) is 6.61 Å². The highest BCUT2D eigenvalue weighted by Crippen LogP contribution is 2.37. The minimum atomic E-state index is -0.513. The van der Waals surface area contributed by atoms with Gasteiger partial charge in [0.2, 0.25) is 0 Å². The van der Waals surface area contributed by atoms with Gasteiger partial charge in [0.15, 0.2) is 0 Å². The third-order valence-electron chi connectivity index (χ3n) is 4.50. The number of ether oxygens (including phenoxy) is 1. The number of fused-ring (bicyclic) bond motifs is 2. The van der Waals surface area contributed by atoms with E-state index in [1.54, 1.807) is 0 Å². The van der Waals surface area contributed by atoms with Crippen molar-refractivity contribution in [1.29, 1.82) is 0 Å². The molecule has 0 spiro atoms. The van der Waals surface area contributed by atoms with E-state index in [4.69, 9.17) is 4.74 Å². The average Bonchev–Trinajstić information content (AvgIpc) is 3.20. The normalized spacial score (nSPS) is 11.5. The van der Waals surface area contributed by atoms with Crippen molar-refractivity contribution < 1.29 is 9.53 Å². The van der Waals surface area contributed by atoms with Crippen LogP contribution in [0.5, 0.6) is 0 Å². The van der Waals surface area contributed by atoms with Gasteiger partial charge in [0.05, 0.1) is 6.61 Å². The van der Waals surface area contributed by atoms with Crippen LogP contribution in [0, 0.1) is 0 Å². The van der Waals surface area contributed by atoms with Crippen LogP contribution in [0.1, 0.15) is 24.0 Å². The van der Waals surface area contributed by atoms with Gasteiger partial charge in [-0.15, -0.1) is 0 Å². The lowest BCUT2D eigenvalue weighted by molar-refractivity contribution is -0.143. The fourth-order valence-electron chi connectivity index (χ4n) is 3.35. The van der Waals surface area contributed by atoms with Crippen molar-refractivity contribution in [1.82, 2.24) is 9.97 Å². The number of carbonyl (C=O) groups excluding carboxylic acids is 1. The van der Waals surface area contributed by atoms with E-state index in [0.717, 1.165) is 41.9 Å². The van der Waals surface area contributed by atoms with E-state index in [1.165, 1.54) is 0 Å². The summed E-state index contributed by atoms with van der Waals surface area (Å²) in [6.45, 7) is 2.17. The van der Waals surface area contributed by atoms with Gasteiger partial charge in [0, 0.05) is 43.1 Å². The molecule has 0 aliphatic rings. The Hall–Kier alpha value is -2.05. The lowest BCUT2D eigenvalue weighted by Gasteiger charge is -2.15. The zero-order chi connectivity index (χ0) is 18.3.